The number of aromatic nitrogens is 2. The lowest BCUT2D eigenvalue weighted by molar-refractivity contribution is -0.170. The SMILES string of the molecule is CC.CC.CN(Sc1cnn(C)c(=O)c1)C(c1ccc(F)cc1)C(F)(F)F.CNC(c1ccc(F)cc1)C(F)(F)F. The predicted octanol–water partition coefficient (Wildman–Crippen LogP) is 7.86. The van der Waals surface area contributed by atoms with Crippen molar-refractivity contribution in [2.45, 2.75) is 57.0 Å². The van der Waals surface area contributed by atoms with Gasteiger partial charge in [0.25, 0.3) is 5.56 Å². The first-order valence-corrected chi connectivity index (χ1v) is 13.2. The van der Waals surface area contributed by atoms with Gasteiger partial charge in [-0.3, -0.25) is 4.79 Å². The lowest BCUT2D eigenvalue weighted by Gasteiger charge is -2.29. The summed E-state index contributed by atoms with van der Waals surface area (Å²) in [5.74, 6) is -1.16. The molecule has 2 unspecified atom stereocenters. The van der Waals surface area contributed by atoms with E-state index in [-0.39, 0.29) is 16.0 Å². The van der Waals surface area contributed by atoms with Gasteiger partial charge in [-0.05, 0) is 61.4 Å². The molecule has 0 bridgehead atoms. The first kappa shape index (κ1) is 38.0. The zero-order valence-corrected chi connectivity index (χ0v) is 24.4. The van der Waals surface area contributed by atoms with Gasteiger partial charge in [0.2, 0.25) is 0 Å². The van der Waals surface area contributed by atoms with Gasteiger partial charge in [0.1, 0.15) is 23.7 Å². The number of alkyl halides is 6. The molecule has 1 N–H and O–H groups in total. The second kappa shape index (κ2) is 17.8. The van der Waals surface area contributed by atoms with Crippen molar-refractivity contribution in [1.29, 1.82) is 0 Å². The summed E-state index contributed by atoms with van der Waals surface area (Å²) in [6, 6.07) is 5.88. The van der Waals surface area contributed by atoms with Crippen molar-refractivity contribution in [1.82, 2.24) is 19.4 Å². The minimum Gasteiger partial charge on any atom is -0.306 e. The van der Waals surface area contributed by atoms with Crippen LogP contribution in [0.1, 0.15) is 50.9 Å². The average molecular weight is 615 g/mol. The Labute approximate surface area is 238 Å². The van der Waals surface area contributed by atoms with Crippen LogP contribution in [0, 0.1) is 11.6 Å². The second-order valence-electron chi connectivity index (χ2n) is 7.60. The number of hydrogen-bond acceptors (Lipinski definition) is 5. The highest BCUT2D eigenvalue weighted by Gasteiger charge is 2.44. The Kier molecular flexibility index (Phi) is 16.5. The maximum atomic E-state index is 13.4. The van der Waals surface area contributed by atoms with Crippen molar-refractivity contribution >= 4 is 11.9 Å². The minimum atomic E-state index is -4.56. The largest absolute Gasteiger partial charge is 0.408 e. The Bertz CT molecular complexity index is 1200. The summed E-state index contributed by atoms with van der Waals surface area (Å²) in [6.45, 7) is 8.00. The topological polar surface area (TPSA) is 50.2 Å². The van der Waals surface area contributed by atoms with Crippen LogP contribution in [0.2, 0.25) is 0 Å². The van der Waals surface area contributed by atoms with Gasteiger partial charge in [0, 0.05) is 18.0 Å². The molecular formula is C27H34F8N4OS. The van der Waals surface area contributed by atoms with Crippen LogP contribution in [-0.2, 0) is 7.05 Å². The number of aryl methyl sites for hydroxylation is 1. The van der Waals surface area contributed by atoms with E-state index in [1.807, 2.05) is 27.7 Å². The fraction of sp³-hybridized carbons (Fsp3) is 0.407. The maximum Gasteiger partial charge on any atom is 0.408 e. The fourth-order valence-electron chi connectivity index (χ4n) is 3.15. The Morgan fingerprint density at radius 2 is 1.27 bits per heavy atom. The van der Waals surface area contributed by atoms with Crippen LogP contribution in [0.5, 0.6) is 0 Å². The highest BCUT2D eigenvalue weighted by molar-refractivity contribution is 7.97. The van der Waals surface area contributed by atoms with Gasteiger partial charge in [0.05, 0.1) is 6.20 Å². The van der Waals surface area contributed by atoms with E-state index in [9.17, 15) is 39.9 Å². The average Bonchev–Trinajstić information content (AvgIpc) is 2.90. The number of benzene rings is 2. The van der Waals surface area contributed by atoms with Crippen LogP contribution in [-0.4, -0.2) is 40.5 Å². The van der Waals surface area contributed by atoms with Gasteiger partial charge in [-0.2, -0.15) is 31.4 Å². The van der Waals surface area contributed by atoms with E-state index < -0.39 is 41.6 Å². The monoisotopic (exact) mass is 614 g/mol. The van der Waals surface area contributed by atoms with E-state index in [0.29, 0.717) is 0 Å². The Morgan fingerprint density at radius 3 is 1.63 bits per heavy atom. The van der Waals surface area contributed by atoms with E-state index in [4.69, 9.17) is 0 Å². The summed E-state index contributed by atoms with van der Waals surface area (Å²) in [6.07, 6.45) is -7.63. The third-order valence-electron chi connectivity index (χ3n) is 4.87. The number of halogens is 8. The van der Waals surface area contributed by atoms with E-state index in [2.05, 4.69) is 10.4 Å². The van der Waals surface area contributed by atoms with Gasteiger partial charge in [-0.25, -0.2) is 17.8 Å². The highest BCUT2D eigenvalue weighted by atomic mass is 32.2. The fourth-order valence-corrected chi connectivity index (χ4v) is 4.07. The number of hydrogen-bond donors (Lipinski definition) is 1. The van der Waals surface area contributed by atoms with Crippen LogP contribution >= 0.6 is 11.9 Å². The zero-order valence-electron chi connectivity index (χ0n) is 23.6. The molecule has 0 aliphatic carbocycles. The minimum absolute atomic E-state index is 0.00130. The third-order valence-corrected chi connectivity index (χ3v) is 5.80. The number of nitrogens with zero attached hydrogens (tertiary/aromatic N) is 3. The standard InChI is InChI=1S/C14H13F4N3OS.C9H9F4N.2C2H6/c1-20-12(22)7-11(8-19-20)23-21(2)13(14(16,17)18)9-3-5-10(15)6-4-9;1-14-8(9(11,12)13)6-2-4-7(10)5-3-6;2*1-2/h3-8,13H,1-2H3;2-5,8,14H,1H3;2*1-2H3. The molecule has 0 saturated heterocycles. The molecule has 2 atom stereocenters. The normalized spacial score (nSPS) is 12.6. The number of rotatable bonds is 6. The molecule has 14 heteroatoms. The Morgan fingerprint density at radius 1 is 0.829 bits per heavy atom. The Hall–Kier alpha value is -2.97. The molecule has 1 heterocycles. The van der Waals surface area contributed by atoms with Crippen LogP contribution in [0.25, 0.3) is 0 Å². The first-order valence-electron chi connectivity index (χ1n) is 12.4. The summed E-state index contributed by atoms with van der Waals surface area (Å²) in [4.78, 5) is 11.8. The molecule has 0 aliphatic heterocycles. The van der Waals surface area contributed by atoms with Crippen LogP contribution in [0.3, 0.4) is 0 Å². The quantitative estimate of drug-likeness (QED) is 0.226. The van der Waals surface area contributed by atoms with Crippen molar-refractivity contribution in [3.05, 3.63) is 93.9 Å². The molecule has 2 aromatic carbocycles. The van der Waals surface area contributed by atoms with E-state index in [0.717, 1.165) is 69.5 Å². The van der Waals surface area contributed by atoms with Crippen molar-refractivity contribution in [3.63, 3.8) is 0 Å². The Balaban J connectivity index is 0.000000761. The molecule has 0 saturated carbocycles. The van der Waals surface area contributed by atoms with Gasteiger partial charge < -0.3 is 5.32 Å². The maximum absolute atomic E-state index is 13.4. The van der Waals surface area contributed by atoms with Crippen LogP contribution < -0.4 is 10.9 Å². The number of nitrogens with one attached hydrogen (secondary N) is 1. The molecule has 0 spiro atoms. The van der Waals surface area contributed by atoms with E-state index in [1.165, 1.54) is 33.4 Å². The third kappa shape index (κ3) is 12.6. The van der Waals surface area contributed by atoms with Crippen molar-refractivity contribution in [3.8, 4) is 0 Å². The molecular weight excluding hydrogens is 580 g/mol. The van der Waals surface area contributed by atoms with E-state index in [1.54, 1.807) is 0 Å². The first-order chi connectivity index (χ1) is 19.1. The lowest BCUT2D eigenvalue weighted by atomic mass is 10.1. The van der Waals surface area contributed by atoms with Gasteiger partial charge in [0.15, 0.2) is 0 Å². The molecule has 5 nitrogen and oxygen atoms in total. The van der Waals surface area contributed by atoms with Gasteiger partial charge in [-0.15, -0.1) is 0 Å². The zero-order chi connectivity index (χ0) is 32.0. The van der Waals surface area contributed by atoms with Crippen molar-refractivity contribution in [2.75, 3.05) is 14.1 Å². The molecule has 3 aromatic rings. The summed E-state index contributed by atoms with van der Waals surface area (Å²) in [5, 5.41) is 5.89. The summed E-state index contributed by atoms with van der Waals surface area (Å²) in [7, 11) is 3.91. The lowest BCUT2D eigenvalue weighted by Crippen LogP contribution is -2.32. The molecule has 230 valence electrons. The predicted molar refractivity (Wildman–Crippen MR) is 145 cm³/mol. The molecule has 0 aliphatic rings. The van der Waals surface area contributed by atoms with E-state index >= 15 is 0 Å². The van der Waals surface area contributed by atoms with Crippen molar-refractivity contribution < 1.29 is 35.1 Å². The molecule has 0 radical (unpaired) electrons. The summed E-state index contributed by atoms with van der Waals surface area (Å²) < 4.78 is 105. The second-order valence-corrected chi connectivity index (χ2v) is 8.83. The summed E-state index contributed by atoms with van der Waals surface area (Å²) in [5.41, 5.74) is -0.513. The van der Waals surface area contributed by atoms with Crippen molar-refractivity contribution in [2.24, 2.45) is 7.05 Å². The smallest absolute Gasteiger partial charge is 0.306 e. The highest BCUT2D eigenvalue weighted by Crippen LogP contribution is 2.41. The molecule has 41 heavy (non-hydrogen) atoms. The molecule has 0 fully saturated rings. The molecule has 0 amide bonds. The van der Waals surface area contributed by atoms with Crippen LogP contribution in [0.15, 0.2) is 70.5 Å². The van der Waals surface area contributed by atoms with Gasteiger partial charge >= 0.3 is 12.4 Å². The van der Waals surface area contributed by atoms with Gasteiger partial charge in [-0.1, -0.05) is 52.0 Å². The van der Waals surface area contributed by atoms with Crippen LogP contribution in [0.4, 0.5) is 35.1 Å². The summed E-state index contributed by atoms with van der Waals surface area (Å²) >= 11 is 0.744. The molecule has 1 aromatic heterocycles. The molecule has 3 rings (SSSR count).